The molecule has 0 unspecified atom stereocenters. The highest BCUT2D eigenvalue weighted by Gasteiger charge is 2.18. The summed E-state index contributed by atoms with van der Waals surface area (Å²) in [6.45, 7) is 6.40. The maximum atomic E-state index is 13.3. The minimum absolute atomic E-state index is 0.0180. The molecular weight excluding hydrogens is 259 g/mol. The number of nitrogens with zero attached hydrogens (tertiary/aromatic N) is 2. The molecule has 0 amide bonds. The average Bonchev–Trinajstić information content (AvgIpc) is 2.33. The SMILES string of the molecule is CC(C)CN(CCN(C)C)c1ccc(F)cc1C(=O)O. The highest BCUT2D eigenvalue weighted by molar-refractivity contribution is 5.94. The van der Waals surface area contributed by atoms with Crippen molar-refractivity contribution in [2.45, 2.75) is 13.8 Å². The smallest absolute Gasteiger partial charge is 0.337 e. The molecule has 20 heavy (non-hydrogen) atoms. The number of halogens is 1. The predicted molar refractivity (Wildman–Crippen MR) is 79.0 cm³/mol. The van der Waals surface area contributed by atoms with Crippen molar-refractivity contribution in [2.75, 3.05) is 38.6 Å². The minimum atomic E-state index is -1.10. The second-order valence-electron chi connectivity index (χ2n) is 5.61. The lowest BCUT2D eigenvalue weighted by atomic mass is 10.1. The molecule has 0 aliphatic heterocycles. The highest BCUT2D eigenvalue weighted by Crippen LogP contribution is 2.23. The average molecular weight is 282 g/mol. The Morgan fingerprint density at radius 3 is 2.45 bits per heavy atom. The molecule has 1 N–H and O–H groups in total. The number of rotatable bonds is 7. The molecule has 0 saturated carbocycles. The normalized spacial score (nSPS) is 11.2. The molecule has 112 valence electrons. The van der Waals surface area contributed by atoms with Crippen LogP contribution in [-0.4, -0.2) is 49.7 Å². The Balaban J connectivity index is 3.08. The summed E-state index contributed by atoms with van der Waals surface area (Å²) in [6.07, 6.45) is 0. The fourth-order valence-corrected chi connectivity index (χ4v) is 2.03. The number of carboxylic acids is 1. The summed E-state index contributed by atoms with van der Waals surface area (Å²) in [6, 6.07) is 3.95. The summed E-state index contributed by atoms with van der Waals surface area (Å²) in [4.78, 5) is 15.3. The first-order valence-electron chi connectivity index (χ1n) is 6.73. The molecule has 0 aliphatic rings. The first-order valence-corrected chi connectivity index (χ1v) is 6.73. The van der Waals surface area contributed by atoms with Crippen molar-refractivity contribution in [3.8, 4) is 0 Å². The fourth-order valence-electron chi connectivity index (χ4n) is 2.03. The second kappa shape index (κ2) is 7.24. The molecule has 4 nitrogen and oxygen atoms in total. The summed E-state index contributed by atoms with van der Waals surface area (Å²) in [7, 11) is 3.94. The molecule has 0 aromatic heterocycles. The number of carbonyl (C=O) groups is 1. The van der Waals surface area contributed by atoms with Crippen molar-refractivity contribution in [3.63, 3.8) is 0 Å². The van der Waals surface area contributed by atoms with Gasteiger partial charge in [-0.2, -0.15) is 0 Å². The molecule has 1 aromatic rings. The van der Waals surface area contributed by atoms with E-state index in [1.165, 1.54) is 6.07 Å². The Labute approximate surface area is 119 Å². The van der Waals surface area contributed by atoms with E-state index in [2.05, 4.69) is 13.8 Å². The highest BCUT2D eigenvalue weighted by atomic mass is 19.1. The van der Waals surface area contributed by atoms with Crippen LogP contribution < -0.4 is 4.90 Å². The first kappa shape index (κ1) is 16.4. The van der Waals surface area contributed by atoms with Crippen molar-refractivity contribution in [2.24, 2.45) is 5.92 Å². The third-order valence-corrected chi connectivity index (χ3v) is 2.93. The van der Waals surface area contributed by atoms with E-state index in [-0.39, 0.29) is 5.56 Å². The number of likely N-dealkylation sites (N-methyl/N-ethyl adjacent to an activating group) is 1. The molecule has 1 rings (SSSR count). The Morgan fingerprint density at radius 1 is 1.30 bits per heavy atom. The topological polar surface area (TPSA) is 43.8 Å². The summed E-state index contributed by atoms with van der Waals surface area (Å²) in [5.74, 6) is -1.23. The zero-order chi connectivity index (χ0) is 15.3. The summed E-state index contributed by atoms with van der Waals surface area (Å²) in [5.41, 5.74) is 0.596. The lowest BCUT2D eigenvalue weighted by molar-refractivity contribution is 0.0697. The van der Waals surface area contributed by atoms with Gasteiger partial charge in [-0.1, -0.05) is 13.8 Å². The number of hydrogen-bond acceptors (Lipinski definition) is 3. The molecule has 0 fully saturated rings. The summed E-state index contributed by atoms with van der Waals surface area (Å²) in [5, 5.41) is 9.25. The summed E-state index contributed by atoms with van der Waals surface area (Å²) >= 11 is 0. The molecule has 0 bridgehead atoms. The first-order chi connectivity index (χ1) is 9.31. The summed E-state index contributed by atoms with van der Waals surface area (Å²) < 4.78 is 13.3. The monoisotopic (exact) mass is 282 g/mol. The molecule has 0 aliphatic carbocycles. The van der Waals surface area contributed by atoms with Crippen LogP contribution in [0.25, 0.3) is 0 Å². The van der Waals surface area contributed by atoms with Gasteiger partial charge in [0.25, 0.3) is 0 Å². The van der Waals surface area contributed by atoms with Gasteiger partial charge in [-0.3, -0.25) is 0 Å². The van der Waals surface area contributed by atoms with Crippen LogP contribution in [0.2, 0.25) is 0 Å². The molecule has 0 spiro atoms. The molecule has 0 atom stereocenters. The molecule has 0 saturated heterocycles. The molecular formula is C15H23FN2O2. The van der Waals surface area contributed by atoms with Crippen molar-refractivity contribution in [3.05, 3.63) is 29.6 Å². The number of carboxylic acid groups (broad SMARTS) is 1. The van der Waals surface area contributed by atoms with Crippen LogP contribution >= 0.6 is 0 Å². The van der Waals surface area contributed by atoms with Crippen molar-refractivity contribution in [1.29, 1.82) is 0 Å². The quantitative estimate of drug-likeness (QED) is 0.834. The van der Waals surface area contributed by atoms with Crippen LogP contribution in [0, 0.1) is 11.7 Å². The van der Waals surface area contributed by atoms with E-state index in [0.29, 0.717) is 18.2 Å². The zero-order valence-electron chi connectivity index (χ0n) is 12.6. The van der Waals surface area contributed by atoms with Gasteiger partial charge in [0.15, 0.2) is 0 Å². The van der Waals surface area contributed by atoms with E-state index >= 15 is 0 Å². The lowest BCUT2D eigenvalue weighted by Gasteiger charge is -2.29. The van der Waals surface area contributed by atoms with Gasteiger partial charge in [0.1, 0.15) is 5.82 Å². The van der Waals surface area contributed by atoms with E-state index in [1.54, 1.807) is 6.07 Å². The van der Waals surface area contributed by atoms with Gasteiger partial charge in [-0.05, 0) is 38.2 Å². The second-order valence-corrected chi connectivity index (χ2v) is 5.61. The standard InChI is InChI=1S/C15H23FN2O2/c1-11(2)10-18(8-7-17(3)4)14-6-5-12(16)9-13(14)15(19)20/h5-6,9,11H,7-8,10H2,1-4H3,(H,19,20). The third kappa shape index (κ3) is 4.81. The maximum absolute atomic E-state index is 13.3. The Morgan fingerprint density at radius 2 is 1.95 bits per heavy atom. The number of anilines is 1. The maximum Gasteiger partial charge on any atom is 0.337 e. The van der Waals surface area contributed by atoms with Gasteiger partial charge in [0.05, 0.1) is 11.3 Å². The van der Waals surface area contributed by atoms with E-state index in [1.807, 2.05) is 23.9 Å². The van der Waals surface area contributed by atoms with Gasteiger partial charge in [0, 0.05) is 19.6 Å². The number of aromatic carboxylic acids is 1. The lowest BCUT2D eigenvalue weighted by Crippen LogP contribution is -2.35. The van der Waals surface area contributed by atoms with Gasteiger partial charge in [-0.25, -0.2) is 9.18 Å². The zero-order valence-corrected chi connectivity index (χ0v) is 12.6. The van der Waals surface area contributed by atoms with E-state index in [4.69, 9.17) is 0 Å². The minimum Gasteiger partial charge on any atom is -0.478 e. The molecule has 0 radical (unpaired) electrons. The van der Waals surface area contributed by atoms with Gasteiger partial charge in [-0.15, -0.1) is 0 Å². The number of benzene rings is 1. The van der Waals surface area contributed by atoms with Gasteiger partial charge >= 0.3 is 5.97 Å². The van der Waals surface area contributed by atoms with Gasteiger partial charge in [0.2, 0.25) is 0 Å². The van der Waals surface area contributed by atoms with Crippen molar-refractivity contribution >= 4 is 11.7 Å². The van der Waals surface area contributed by atoms with Crippen LogP contribution in [0.15, 0.2) is 18.2 Å². The van der Waals surface area contributed by atoms with Crippen LogP contribution in [0.4, 0.5) is 10.1 Å². The molecule has 1 aromatic carbocycles. The van der Waals surface area contributed by atoms with Crippen LogP contribution in [0.5, 0.6) is 0 Å². The van der Waals surface area contributed by atoms with Crippen LogP contribution in [0.3, 0.4) is 0 Å². The van der Waals surface area contributed by atoms with Crippen LogP contribution in [0.1, 0.15) is 24.2 Å². The molecule has 0 heterocycles. The van der Waals surface area contributed by atoms with E-state index < -0.39 is 11.8 Å². The van der Waals surface area contributed by atoms with Crippen molar-refractivity contribution < 1.29 is 14.3 Å². The Kier molecular flexibility index (Phi) is 5.95. The predicted octanol–water partition coefficient (Wildman–Crippen LogP) is 2.55. The largest absolute Gasteiger partial charge is 0.478 e. The number of hydrogen-bond donors (Lipinski definition) is 1. The molecule has 5 heteroatoms. The Hall–Kier alpha value is -1.62. The van der Waals surface area contributed by atoms with Crippen molar-refractivity contribution in [1.82, 2.24) is 4.90 Å². The van der Waals surface area contributed by atoms with Gasteiger partial charge < -0.3 is 14.9 Å². The fraction of sp³-hybridized carbons (Fsp3) is 0.533. The van der Waals surface area contributed by atoms with E-state index in [9.17, 15) is 14.3 Å². The third-order valence-electron chi connectivity index (χ3n) is 2.93. The van der Waals surface area contributed by atoms with Crippen LogP contribution in [-0.2, 0) is 0 Å². The van der Waals surface area contributed by atoms with E-state index in [0.717, 1.165) is 19.2 Å². The Bertz CT molecular complexity index is 461.